The summed E-state index contributed by atoms with van der Waals surface area (Å²) in [6, 6.07) is 7.50. The molecule has 2 aromatic rings. The second kappa shape index (κ2) is 5.84. The summed E-state index contributed by atoms with van der Waals surface area (Å²) in [5, 5.41) is 0.802. The third-order valence-electron chi connectivity index (χ3n) is 2.69. The molecule has 0 atom stereocenters. The lowest BCUT2D eigenvalue weighted by Crippen LogP contribution is -2.02. The Labute approximate surface area is 116 Å². The molecule has 2 rings (SSSR count). The van der Waals surface area contributed by atoms with Crippen molar-refractivity contribution in [2.45, 2.75) is 19.8 Å². The van der Waals surface area contributed by atoms with Gasteiger partial charge in [-0.05, 0) is 18.6 Å². The highest BCUT2D eigenvalue weighted by molar-refractivity contribution is 7.17. The summed E-state index contributed by atoms with van der Waals surface area (Å²) in [5.41, 5.74) is 8.19. The number of nitrogens with zero attached hydrogens (tertiary/aromatic N) is 1. The second-order valence-electron chi connectivity index (χ2n) is 4.16. The molecule has 0 bridgehead atoms. The summed E-state index contributed by atoms with van der Waals surface area (Å²) in [6.07, 6.45) is 1.70. The van der Waals surface area contributed by atoms with E-state index < -0.39 is 0 Å². The number of aromatic nitrogens is 1. The van der Waals surface area contributed by atoms with Gasteiger partial charge in [0.15, 0.2) is 0 Å². The Morgan fingerprint density at radius 3 is 2.89 bits per heavy atom. The van der Waals surface area contributed by atoms with Crippen LogP contribution in [0.4, 0.5) is 5.69 Å². The molecule has 0 aliphatic heterocycles. The number of nitrogen functional groups attached to an aromatic ring is 1. The van der Waals surface area contributed by atoms with Gasteiger partial charge in [-0.1, -0.05) is 25.5 Å². The van der Waals surface area contributed by atoms with Crippen LogP contribution >= 0.6 is 11.3 Å². The maximum Gasteiger partial charge on any atom is 0.349 e. The summed E-state index contributed by atoms with van der Waals surface area (Å²) >= 11 is 1.35. The van der Waals surface area contributed by atoms with Gasteiger partial charge >= 0.3 is 5.97 Å². The molecule has 4 nitrogen and oxygen atoms in total. The fourth-order valence-corrected chi connectivity index (χ4v) is 2.83. The minimum atomic E-state index is -0.323. The minimum Gasteiger partial charge on any atom is -0.465 e. The largest absolute Gasteiger partial charge is 0.465 e. The van der Waals surface area contributed by atoms with Gasteiger partial charge in [0.2, 0.25) is 0 Å². The second-order valence-corrected chi connectivity index (χ2v) is 5.16. The first-order valence-corrected chi connectivity index (χ1v) is 6.91. The van der Waals surface area contributed by atoms with E-state index in [9.17, 15) is 4.79 Å². The Morgan fingerprint density at radius 1 is 1.47 bits per heavy atom. The molecule has 0 unspecified atom stereocenters. The van der Waals surface area contributed by atoms with Crippen LogP contribution in [-0.2, 0) is 11.2 Å². The van der Waals surface area contributed by atoms with Gasteiger partial charge in [0.25, 0.3) is 0 Å². The fourth-order valence-electron chi connectivity index (χ4n) is 1.81. The van der Waals surface area contributed by atoms with Gasteiger partial charge in [-0.25, -0.2) is 9.78 Å². The number of esters is 1. The van der Waals surface area contributed by atoms with E-state index in [0.29, 0.717) is 10.6 Å². The number of ether oxygens (including phenoxy) is 1. The molecule has 0 aliphatic rings. The monoisotopic (exact) mass is 276 g/mol. The normalized spacial score (nSPS) is 10.4. The minimum absolute atomic E-state index is 0.323. The molecule has 1 aromatic heterocycles. The fraction of sp³-hybridized carbons (Fsp3) is 0.286. The van der Waals surface area contributed by atoms with Gasteiger partial charge in [-0.2, -0.15) is 0 Å². The standard InChI is InChI=1S/C14H16N2O2S/c1-3-5-11-12(14(17)18-2)19-13(16-11)9-6-4-7-10(15)8-9/h4,6-8H,3,5,15H2,1-2H3. The van der Waals surface area contributed by atoms with Crippen molar-refractivity contribution in [1.29, 1.82) is 0 Å². The maximum absolute atomic E-state index is 11.7. The lowest BCUT2D eigenvalue weighted by atomic mass is 10.2. The molecule has 5 heteroatoms. The Bertz CT molecular complexity index is 593. The Hall–Kier alpha value is -1.88. The quantitative estimate of drug-likeness (QED) is 0.688. The number of nitrogens with two attached hydrogens (primary N) is 1. The third-order valence-corrected chi connectivity index (χ3v) is 3.82. The number of hydrogen-bond acceptors (Lipinski definition) is 5. The molecular weight excluding hydrogens is 260 g/mol. The number of methoxy groups -OCH3 is 1. The number of rotatable bonds is 4. The molecule has 0 spiro atoms. The highest BCUT2D eigenvalue weighted by atomic mass is 32.1. The zero-order chi connectivity index (χ0) is 13.8. The number of carbonyl (C=O) groups excluding carboxylic acids is 1. The molecule has 2 N–H and O–H groups in total. The van der Waals surface area contributed by atoms with Crippen LogP contribution < -0.4 is 5.73 Å². The smallest absolute Gasteiger partial charge is 0.349 e. The van der Waals surface area contributed by atoms with E-state index in [0.717, 1.165) is 29.1 Å². The van der Waals surface area contributed by atoms with Crippen molar-refractivity contribution in [3.05, 3.63) is 34.8 Å². The zero-order valence-corrected chi connectivity index (χ0v) is 11.8. The molecule has 0 fully saturated rings. The van der Waals surface area contributed by atoms with Gasteiger partial charge < -0.3 is 10.5 Å². The van der Waals surface area contributed by atoms with E-state index >= 15 is 0 Å². The van der Waals surface area contributed by atoms with Crippen LogP contribution in [0.15, 0.2) is 24.3 Å². The average Bonchev–Trinajstić information content (AvgIpc) is 2.82. The van der Waals surface area contributed by atoms with Crippen LogP contribution in [-0.4, -0.2) is 18.1 Å². The molecule has 100 valence electrons. The summed E-state index contributed by atoms with van der Waals surface area (Å²) < 4.78 is 4.80. The summed E-state index contributed by atoms with van der Waals surface area (Å²) in [6.45, 7) is 2.06. The number of benzene rings is 1. The molecular formula is C14H16N2O2S. The van der Waals surface area contributed by atoms with E-state index in [1.54, 1.807) is 0 Å². The van der Waals surface area contributed by atoms with E-state index in [4.69, 9.17) is 10.5 Å². The number of anilines is 1. The molecule has 0 amide bonds. The van der Waals surface area contributed by atoms with Crippen molar-refractivity contribution in [3.63, 3.8) is 0 Å². The number of hydrogen-bond donors (Lipinski definition) is 1. The molecule has 0 radical (unpaired) electrons. The lowest BCUT2D eigenvalue weighted by Gasteiger charge is -1.97. The Balaban J connectivity index is 2.45. The summed E-state index contributed by atoms with van der Waals surface area (Å²) in [7, 11) is 1.39. The van der Waals surface area contributed by atoms with Gasteiger partial charge in [0.1, 0.15) is 9.88 Å². The highest BCUT2D eigenvalue weighted by Gasteiger charge is 2.18. The molecule has 1 heterocycles. The number of thiazole rings is 1. The summed E-state index contributed by atoms with van der Waals surface area (Å²) in [5.74, 6) is -0.323. The first-order chi connectivity index (χ1) is 9.15. The van der Waals surface area contributed by atoms with Crippen molar-refractivity contribution in [3.8, 4) is 10.6 Å². The lowest BCUT2D eigenvalue weighted by molar-refractivity contribution is 0.0605. The average molecular weight is 276 g/mol. The van der Waals surface area contributed by atoms with Gasteiger partial charge in [-0.3, -0.25) is 0 Å². The van der Waals surface area contributed by atoms with Gasteiger partial charge in [-0.15, -0.1) is 11.3 Å². The summed E-state index contributed by atoms with van der Waals surface area (Å²) in [4.78, 5) is 16.9. The predicted molar refractivity (Wildman–Crippen MR) is 77.3 cm³/mol. The highest BCUT2D eigenvalue weighted by Crippen LogP contribution is 2.30. The predicted octanol–water partition coefficient (Wildman–Crippen LogP) is 3.13. The first-order valence-electron chi connectivity index (χ1n) is 6.09. The van der Waals surface area contributed by atoms with Crippen LogP contribution in [0.1, 0.15) is 28.7 Å². The van der Waals surface area contributed by atoms with Crippen molar-refractivity contribution in [2.75, 3.05) is 12.8 Å². The molecule has 0 saturated heterocycles. The first kappa shape index (κ1) is 13.5. The van der Waals surface area contributed by atoms with Crippen molar-refractivity contribution >= 4 is 23.0 Å². The molecule has 0 saturated carbocycles. The number of carbonyl (C=O) groups is 1. The van der Waals surface area contributed by atoms with Crippen LogP contribution in [0.5, 0.6) is 0 Å². The number of aryl methyl sites for hydroxylation is 1. The molecule has 0 aliphatic carbocycles. The van der Waals surface area contributed by atoms with Crippen LogP contribution in [0, 0.1) is 0 Å². The van der Waals surface area contributed by atoms with E-state index in [-0.39, 0.29) is 5.97 Å². The van der Waals surface area contributed by atoms with E-state index in [1.807, 2.05) is 24.3 Å². The zero-order valence-electron chi connectivity index (χ0n) is 11.0. The van der Waals surface area contributed by atoms with Crippen LogP contribution in [0.3, 0.4) is 0 Å². The SMILES string of the molecule is CCCc1nc(-c2cccc(N)c2)sc1C(=O)OC. The van der Waals surface area contributed by atoms with Crippen LogP contribution in [0.25, 0.3) is 10.6 Å². The maximum atomic E-state index is 11.7. The molecule has 19 heavy (non-hydrogen) atoms. The third kappa shape index (κ3) is 2.93. The van der Waals surface area contributed by atoms with Gasteiger partial charge in [0, 0.05) is 11.3 Å². The van der Waals surface area contributed by atoms with E-state index in [1.165, 1.54) is 18.4 Å². The van der Waals surface area contributed by atoms with Crippen molar-refractivity contribution in [1.82, 2.24) is 4.98 Å². The van der Waals surface area contributed by atoms with Crippen molar-refractivity contribution < 1.29 is 9.53 Å². The van der Waals surface area contributed by atoms with Gasteiger partial charge in [0.05, 0.1) is 12.8 Å². The topological polar surface area (TPSA) is 65.2 Å². The molecule has 1 aromatic carbocycles. The van der Waals surface area contributed by atoms with E-state index in [2.05, 4.69) is 11.9 Å². The van der Waals surface area contributed by atoms with Crippen LogP contribution in [0.2, 0.25) is 0 Å². The Kier molecular flexibility index (Phi) is 4.16. The van der Waals surface area contributed by atoms with Crippen molar-refractivity contribution in [2.24, 2.45) is 0 Å². The Morgan fingerprint density at radius 2 is 2.26 bits per heavy atom.